The van der Waals surface area contributed by atoms with Gasteiger partial charge in [0.05, 0.1) is 5.92 Å². The van der Waals surface area contributed by atoms with E-state index in [2.05, 4.69) is 0 Å². The third kappa shape index (κ3) is 2.16. The van der Waals surface area contributed by atoms with E-state index in [1.165, 1.54) is 0 Å². The van der Waals surface area contributed by atoms with Gasteiger partial charge in [-0.15, -0.1) is 0 Å². The zero-order chi connectivity index (χ0) is 13.3. The average molecular weight is 248 g/mol. The number of hydrogen-bond acceptors (Lipinski definition) is 2. The number of likely N-dealkylation sites (N-methyl/N-ethyl adjacent to an activating group) is 1. The first kappa shape index (κ1) is 12.4. The lowest BCUT2D eigenvalue weighted by atomic mass is 10.0. The molecule has 1 aromatic carbocycles. The molecular formula is C13H16N2O3. The van der Waals surface area contributed by atoms with Crippen LogP contribution in [0.15, 0.2) is 24.3 Å². The number of nitrogens with zero attached hydrogens (tertiary/aromatic N) is 2. The Labute approximate surface area is 106 Å². The highest BCUT2D eigenvalue weighted by molar-refractivity contribution is 5.94. The van der Waals surface area contributed by atoms with Crippen LogP contribution in [0.1, 0.15) is 18.4 Å². The molecule has 0 saturated carbocycles. The maximum Gasteiger partial charge on any atom is 0.324 e. The molecule has 2 amide bonds. The minimum absolute atomic E-state index is 0.0194. The van der Waals surface area contributed by atoms with Gasteiger partial charge in [-0.2, -0.15) is 0 Å². The van der Waals surface area contributed by atoms with E-state index in [0.717, 1.165) is 11.3 Å². The second kappa shape index (κ2) is 4.68. The van der Waals surface area contributed by atoms with Crippen LogP contribution < -0.4 is 4.90 Å². The van der Waals surface area contributed by atoms with Gasteiger partial charge >= 0.3 is 12.0 Å². The summed E-state index contributed by atoms with van der Waals surface area (Å²) in [7, 11) is 1.77. The van der Waals surface area contributed by atoms with Crippen molar-refractivity contribution >= 4 is 17.7 Å². The largest absolute Gasteiger partial charge is 0.481 e. The maximum absolute atomic E-state index is 11.8. The van der Waals surface area contributed by atoms with Crippen molar-refractivity contribution in [1.82, 2.24) is 4.90 Å². The van der Waals surface area contributed by atoms with Crippen molar-refractivity contribution in [3.05, 3.63) is 29.8 Å². The normalized spacial score (nSPS) is 17.1. The van der Waals surface area contributed by atoms with Gasteiger partial charge in [-0.25, -0.2) is 4.79 Å². The zero-order valence-electron chi connectivity index (χ0n) is 10.5. The van der Waals surface area contributed by atoms with Gasteiger partial charge < -0.3 is 10.0 Å². The lowest BCUT2D eigenvalue weighted by molar-refractivity contribution is -0.138. The predicted molar refractivity (Wildman–Crippen MR) is 67.9 cm³/mol. The number of benzene rings is 1. The van der Waals surface area contributed by atoms with E-state index >= 15 is 0 Å². The predicted octanol–water partition coefficient (Wildman–Crippen LogP) is 1.75. The molecule has 5 heteroatoms. The first-order chi connectivity index (χ1) is 8.50. The zero-order valence-corrected chi connectivity index (χ0v) is 10.5. The molecule has 1 aliphatic rings. The fraction of sp³-hybridized carbons (Fsp3) is 0.385. The molecule has 18 heavy (non-hydrogen) atoms. The van der Waals surface area contributed by atoms with E-state index in [4.69, 9.17) is 5.11 Å². The number of rotatable bonds is 3. The van der Waals surface area contributed by atoms with Crippen molar-refractivity contribution in [2.24, 2.45) is 0 Å². The molecule has 0 radical (unpaired) electrons. The number of carboxylic acids is 1. The Bertz CT molecular complexity index is 470. The number of carbonyl (C=O) groups is 2. The fourth-order valence-electron chi connectivity index (χ4n) is 1.97. The van der Waals surface area contributed by atoms with Crippen LogP contribution in [-0.4, -0.2) is 42.1 Å². The number of aliphatic carboxylic acids is 1. The third-order valence-electron chi connectivity index (χ3n) is 3.29. The Morgan fingerprint density at radius 2 is 1.89 bits per heavy atom. The van der Waals surface area contributed by atoms with Gasteiger partial charge in [-0.3, -0.25) is 9.69 Å². The molecule has 1 N–H and O–H groups in total. The van der Waals surface area contributed by atoms with Gasteiger partial charge in [0.15, 0.2) is 0 Å². The van der Waals surface area contributed by atoms with Crippen molar-refractivity contribution in [1.29, 1.82) is 0 Å². The molecule has 2 rings (SSSR count). The van der Waals surface area contributed by atoms with Crippen LogP contribution in [0, 0.1) is 0 Å². The summed E-state index contributed by atoms with van der Waals surface area (Å²) in [6.07, 6.45) is 0. The number of carboxylic acid groups (broad SMARTS) is 1. The second-order valence-electron chi connectivity index (χ2n) is 4.51. The number of amides is 2. The first-order valence-corrected chi connectivity index (χ1v) is 5.86. The third-order valence-corrected chi connectivity index (χ3v) is 3.29. The lowest BCUT2D eigenvalue weighted by Gasteiger charge is -2.17. The Morgan fingerprint density at radius 3 is 2.33 bits per heavy atom. The minimum Gasteiger partial charge on any atom is -0.481 e. The van der Waals surface area contributed by atoms with E-state index in [1.807, 2.05) is 0 Å². The topological polar surface area (TPSA) is 60.9 Å². The highest BCUT2D eigenvalue weighted by Gasteiger charge is 2.26. The molecule has 1 fully saturated rings. The lowest BCUT2D eigenvalue weighted by Crippen LogP contribution is -2.29. The van der Waals surface area contributed by atoms with Crippen LogP contribution in [0.2, 0.25) is 0 Å². The molecule has 5 nitrogen and oxygen atoms in total. The minimum atomic E-state index is -0.847. The molecule has 1 aliphatic heterocycles. The molecule has 0 bridgehead atoms. The summed E-state index contributed by atoms with van der Waals surface area (Å²) in [6, 6.07) is 7.10. The summed E-state index contributed by atoms with van der Waals surface area (Å²) in [5.74, 6) is -1.38. The number of hydrogen-bond donors (Lipinski definition) is 1. The number of urea groups is 1. The van der Waals surface area contributed by atoms with Crippen molar-refractivity contribution in [2.75, 3.05) is 25.0 Å². The summed E-state index contributed by atoms with van der Waals surface area (Å²) in [5.41, 5.74) is 1.55. The molecule has 1 atom stereocenters. The van der Waals surface area contributed by atoms with Crippen LogP contribution in [0.25, 0.3) is 0 Å². The number of carbonyl (C=O) groups excluding carboxylic acids is 1. The molecule has 1 heterocycles. The fourth-order valence-corrected chi connectivity index (χ4v) is 1.97. The molecule has 0 aliphatic carbocycles. The van der Waals surface area contributed by atoms with Gasteiger partial charge in [0.2, 0.25) is 0 Å². The maximum atomic E-state index is 11.8. The molecule has 96 valence electrons. The van der Waals surface area contributed by atoms with Crippen molar-refractivity contribution in [2.45, 2.75) is 12.8 Å². The van der Waals surface area contributed by atoms with E-state index in [0.29, 0.717) is 13.1 Å². The smallest absolute Gasteiger partial charge is 0.324 e. The summed E-state index contributed by atoms with van der Waals surface area (Å²) >= 11 is 0. The molecule has 1 saturated heterocycles. The van der Waals surface area contributed by atoms with Gasteiger partial charge in [0.25, 0.3) is 0 Å². The number of anilines is 1. The van der Waals surface area contributed by atoms with Crippen LogP contribution in [0.5, 0.6) is 0 Å². The molecule has 0 aromatic heterocycles. The molecular weight excluding hydrogens is 232 g/mol. The van der Waals surface area contributed by atoms with E-state index in [1.54, 1.807) is 48.0 Å². The van der Waals surface area contributed by atoms with Gasteiger partial charge in [0, 0.05) is 25.8 Å². The Balaban J connectivity index is 2.18. The summed E-state index contributed by atoms with van der Waals surface area (Å²) in [4.78, 5) is 26.0. The summed E-state index contributed by atoms with van der Waals surface area (Å²) < 4.78 is 0. The van der Waals surface area contributed by atoms with E-state index in [-0.39, 0.29) is 6.03 Å². The monoisotopic (exact) mass is 248 g/mol. The van der Waals surface area contributed by atoms with Gasteiger partial charge in [-0.1, -0.05) is 12.1 Å². The molecule has 0 unspecified atom stereocenters. The first-order valence-electron chi connectivity index (χ1n) is 5.86. The van der Waals surface area contributed by atoms with Crippen LogP contribution >= 0.6 is 0 Å². The van der Waals surface area contributed by atoms with Crippen molar-refractivity contribution < 1.29 is 14.7 Å². The second-order valence-corrected chi connectivity index (χ2v) is 4.51. The average Bonchev–Trinajstić information content (AvgIpc) is 2.69. The Morgan fingerprint density at radius 1 is 1.28 bits per heavy atom. The van der Waals surface area contributed by atoms with E-state index in [9.17, 15) is 9.59 Å². The SMILES string of the molecule is C[C@@H](C(=O)O)c1ccc(N2CCN(C)C2=O)cc1. The Hall–Kier alpha value is -2.04. The van der Waals surface area contributed by atoms with Gasteiger partial charge in [-0.05, 0) is 24.6 Å². The van der Waals surface area contributed by atoms with Crippen LogP contribution in [0.3, 0.4) is 0 Å². The highest BCUT2D eigenvalue weighted by atomic mass is 16.4. The van der Waals surface area contributed by atoms with Crippen LogP contribution in [-0.2, 0) is 4.79 Å². The molecule has 0 spiro atoms. The summed E-state index contributed by atoms with van der Waals surface area (Å²) in [5, 5.41) is 8.92. The highest BCUT2D eigenvalue weighted by Crippen LogP contribution is 2.23. The van der Waals surface area contributed by atoms with Gasteiger partial charge in [0.1, 0.15) is 0 Å². The summed E-state index contributed by atoms with van der Waals surface area (Å²) in [6.45, 7) is 3.03. The Kier molecular flexibility index (Phi) is 3.23. The van der Waals surface area contributed by atoms with Crippen molar-refractivity contribution in [3.63, 3.8) is 0 Å². The molecule has 1 aromatic rings. The van der Waals surface area contributed by atoms with Crippen molar-refractivity contribution in [3.8, 4) is 0 Å². The quantitative estimate of drug-likeness (QED) is 0.886. The standard InChI is InChI=1S/C13H16N2O3/c1-9(12(16)17)10-3-5-11(6-4-10)15-8-7-14(2)13(15)18/h3-6,9H,7-8H2,1-2H3,(H,16,17)/t9-/m1/s1. The van der Waals surface area contributed by atoms with E-state index < -0.39 is 11.9 Å². The van der Waals surface area contributed by atoms with Crippen LogP contribution in [0.4, 0.5) is 10.5 Å².